The Balaban J connectivity index is 1.55. The maximum absolute atomic E-state index is 13.3. The van der Waals surface area contributed by atoms with Crippen LogP contribution in [-0.2, 0) is 19.1 Å². The quantitative estimate of drug-likeness (QED) is 0.101. The highest BCUT2D eigenvalue weighted by Gasteiger charge is 2.37. The van der Waals surface area contributed by atoms with Gasteiger partial charge in [0.05, 0.1) is 43.3 Å². The number of benzene rings is 2. The van der Waals surface area contributed by atoms with Gasteiger partial charge >= 0.3 is 23.9 Å². The Hall–Kier alpha value is -1.94. The van der Waals surface area contributed by atoms with Crippen LogP contribution in [0.25, 0.3) is 0 Å². The molecule has 2 aromatic rings. The van der Waals surface area contributed by atoms with E-state index in [2.05, 4.69) is 27.7 Å². The molecular weight excluding hydrogens is 749 g/mol. The molecule has 262 valence electrons. The first-order valence-corrected chi connectivity index (χ1v) is 18.1. The average Bonchev–Trinajstić information content (AvgIpc) is 3.59. The van der Waals surface area contributed by atoms with E-state index in [1.807, 2.05) is 0 Å². The normalized spacial score (nSPS) is 23.5. The summed E-state index contributed by atoms with van der Waals surface area (Å²) in [5.74, 6) is -4.62. The first-order chi connectivity index (χ1) is 22.7. The zero-order chi connectivity index (χ0) is 35.4. The number of hydrogen-bond acceptors (Lipinski definition) is 8. The van der Waals surface area contributed by atoms with Crippen molar-refractivity contribution in [2.45, 2.75) is 66.2 Å². The summed E-state index contributed by atoms with van der Waals surface area (Å²) in [6, 6.07) is 2.28. The summed E-state index contributed by atoms with van der Waals surface area (Å²) in [4.78, 5) is 52.8. The fourth-order valence-electron chi connectivity index (χ4n) is 6.83. The van der Waals surface area contributed by atoms with Crippen molar-refractivity contribution in [1.82, 2.24) is 0 Å². The zero-order valence-electron chi connectivity index (χ0n) is 26.8. The highest BCUT2D eigenvalue weighted by atomic mass is 35.5. The van der Waals surface area contributed by atoms with E-state index >= 15 is 0 Å². The second-order valence-electron chi connectivity index (χ2n) is 12.5. The number of carbonyl (C=O) groups is 4. The van der Waals surface area contributed by atoms with Crippen LogP contribution in [0.1, 0.15) is 86.9 Å². The molecule has 2 saturated carbocycles. The van der Waals surface area contributed by atoms with Crippen molar-refractivity contribution < 1.29 is 38.1 Å². The van der Waals surface area contributed by atoms with Crippen LogP contribution >= 0.6 is 69.6 Å². The lowest BCUT2D eigenvalue weighted by Crippen LogP contribution is -2.28. The number of carbonyl (C=O) groups excluding carboxylic acids is 4. The van der Waals surface area contributed by atoms with E-state index in [0.29, 0.717) is 23.7 Å². The summed E-state index contributed by atoms with van der Waals surface area (Å²) in [7, 11) is 0. The van der Waals surface area contributed by atoms with Crippen molar-refractivity contribution in [3.05, 3.63) is 53.4 Å². The van der Waals surface area contributed by atoms with Crippen molar-refractivity contribution in [3.8, 4) is 11.5 Å². The van der Waals surface area contributed by atoms with Crippen LogP contribution in [0.5, 0.6) is 11.5 Å². The molecule has 0 N–H and O–H groups in total. The molecule has 2 aliphatic carbocycles. The molecule has 6 atom stereocenters. The number of ether oxygens (including phenoxy) is 4. The predicted molar refractivity (Wildman–Crippen MR) is 186 cm³/mol. The molecule has 0 aromatic heterocycles. The van der Waals surface area contributed by atoms with E-state index in [0.717, 1.165) is 50.7 Å². The molecule has 0 spiro atoms. The largest absolute Gasteiger partial charge is 0.462 e. The number of esters is 4. The molecule has 0 aliphatic heterocycles. The summed E-state index contributed by atoms with van der Waals surface area (Å²) in [6.07, 6.45) is 5.94. The van der Waals surface area contributed by atoms with E-state index in [4.69, 9.17) is 88.6 Å². The summed E-state index contributed by atoms with van der Waals surface area (Å²) < 4.78 is 21.7. The van der Waals surface area contributed by atoms with Crippen molar-refractivity contribution in [2.24, 2.45) is 35.5 Å². The molecule has 6 unspecified atom stereocenters. The highest BCUT2D eigenvalue weighted by Crippen LogP contribution is 2.44. The molecule has 14 heteroatoms. The Kier molecular flexibility index (Phi) is 13.6. The number of halogens is 6. The van der Waals surface area contributed by atoms with Crippen LogP contribution < -0.4 is 9.47 Å². The molecule has 2 fully saturated rings. The molecule has 0 radical (unpaired) electrons. The van der Waals surface area contributed by atoms with E-state index in [1.54, 1.807) is 0 Å². The van der Waals surface area contributed by atoms with Crippen LogP contribution in [0.4, 0.5) is 0 Å². The summed E-state index contributed by atoms with van der Waals surface area (Å²) in [6.45, 7) is 8.55. The smallest absolute Gasteiger partial charge is 0.423 e. The van der Waals surface area contributed by atoms with Gasteiger partial charge in [-0.3, -0.25) is 0 Å². The molecule has 0 bridgehead atoms. The molecule has 0 heterocycles. The fourth-order valence-corrected chi connectivity index (χ4v) is 8.27. The monoisotopic (exact) mass is 782 g/mol. The van der Waals surface area contributed by atoms with Gasteiger partial charge in [-0.2, -0.15) is 0 Å². The first-order valence-electron chi connectivity index (χ1n) is 15.8. The van der Waals surface area contributed by atoms with E-state index < -0.39 is 46.5 Å². The van der Waals surface area contributed by atoms with Crippen LogP contribution in [0.2, 0.25) is 30.1 Å². The molecule has 0 amide bonds. The second kappa shape index (κ2) is 16.8. The van der Waals surface area contributed by atoms with Gasteiger partial charge in [-0.05, 0) is 60.5 Å². The molecule has 48 heavy (non-hydrogen) atoms. The highest BCUT2D eigenvalue weighted by molar-refractivity contribution is 6.47. The van der Waals surface area contributed by atoms with Crippen molar-refractivity contribution in [3.63, 3.8) is 0 Å². The Bertz CT molecular complexity index is 1460. The van der Waals surface area contributed by atoms with Gasteiger partial charge in [0, 0.05) is 0 Å². The number of hydrogen-bond donors (Lipinski definition) is 0. The topological polar surface area (TPSA) is 105 Å². The zero-order valence-corrected chi connectivity index (χ0v) is 31.3. The third kappa shape index (κ3) is 8.50. The molecule has 8 nitrogen and oxygen atoms in total. The minimum atomic E-state index is -1.63. The third-order valence-corrected chi connectivity index (χ3v) is 11.9. The fraction of sp³-hybridized carbons (Fsp3) is 0.529. The molecule has 4 rings (SSSR count). The lowest BCUT2D eigenvalue weighted by Gasteiger charge is -2.22. The van der Waals surface area contributed by atoms with Crippen LogP contribution in [0, 0.1) is 35.5 Å². The Morgan fingerprint density at radius 1 is 0.604 bits per heavy atom. The summed E-state index contributed by atoms with van der Waals surface area (Å²) in [5.41, 5.74) is -0.894. The standard InChI is InChI=1S/C34H36Cl6O8/c1-5-17-9-7-15(3)19(17)13-45-31(41)25-27(39)21(35)11-23(37)29(25)47-33(43)34(44)48-30-24(38)12-22(36)28(40)26(30)32(42)46-14-20-16(4)8-10-18(20)6-2/h11-12,15-20H,5-10,13-14H2,1-4H3. The Morgan fingerprint density at radius 3 is 1.29 bits per heavy atom. The van der Waals surface area contributed by atoms with Gasteiger partial charge < -0.3 is 18.9 Å². The first kappa shape index (κ1) is 38.9. The van der Waals surface area contributed by atoms with E-state index in [1.165, 1.54) is 0 Å². The predicted octanol–water partition coefficient (Wildman–Crippen LogP) is 10.6. The molecule has 2 aromatic carbocycles. The van der Waals surface area contributed by atoms with Crippen LogP contribution in [0.3, 0.4) is 0 Å². The van der Waals surface area contributed by atoms with Crippen LogP contribution in [0.15, 0.2) is 12.1 Å². The van der Waals surface area contributed by atoms with Crippen molar-refractivity contribution >= 4 is 93.5 Å². The van der Waals surface area contributed by atoms with E-state index in [-0.39, 0.29) is 55.2 Å². The maximum atomic E-state index is 13.3. The Labute approximate surface area is 309 Å². The van der Waals surface area contributed by atoms with Crippen molar-refractivity contribution in [1.29, 1.82) is 0 Å². The molecular formula is C34H36Cl6O8. The lowest BCUT2D eigenvalue weighted by molar-refractivity contribution is -0.156. The van der Waals surface area contributed by atoms with Gasteiger partial charge in [0.15, 0.2) is 11.5 Å². The van der Waals surface area contributed by atoms with Gasteiger partial charge in [0.25, 0.3) is 0 Å². The van der Waals surface area contributed by atoms with Crippen LogP contribution in [-0.4, -0.2) is 37.1 Å². The molecule has 2 aliphatic rings. The lowest BCUT2D eigenvalue weighted by atomic mass is 9.89. The van der Waals surface area contributed by atoms with Gasteiger partial charge in [0.1, 0.15) is 11.1 Å². The SMILES string of the molecule is CCC1CCC(C)C1COC(=O)c1c(Cl)c(Cl)cc(Cl)c1OC(=O)C(=O)Oc1c(Cl)cc(Cl)c(Cl)c1C(=O)OCC1C(C)CCC1CC. The number of rotatable bonds is 10. The van der Waals surface area contributed by atoms with Gasteiger partial charge in [-0.25, -0.2) is 19.2 Å². The summed E-state index contributed by atoms with van der Waals surface area (Å²) >= 11 is 37.7. The Morgan fingerprint density at radius 2 is 0.958 bits per heavy atom. The maximum Gasteiger partial charge on any atom is 0.423 e. The summed E-state index contributed by atoms with van der Waals surface area (Å²) in [5, 5.41) is -1.43. The van der Waals surface area contributed by atoms with Gasteiger partial charge in [0.2, 0.25) is 0 Å². The minimum Gasteiger partial charge on any atom is -0.462 e. The van der Waals surface area contributed by atoms with Gasteiger partial charge in [-0.15, -0.1) is 0 Å². The van der Waals surface area contributed by atoms with Gasteiger partial charge in [-0.1, -0.05) is 123 Å². The minimum absolute atomic E-state index is 0.0991. The average molecular weight is 785 g/mol. The third-order valence-electron chi connectivity index (χ3n) is 9.74. The second-order valence-corrected chi connectivity index (χ2v) is 14.9. The van der Waals surface area contributed by atoms with E-state index in [9.17, 15) is 19.2 Å². The van der Waals surface area contributed by atoms with Crippen molar-refractivity contribution in [2.75, 3.05) is 13.2 Å². The molecule has 0 saturated heterocycles.